The molecule has 1 saturated heterocycles. The molecular weight excluding hydrogens is 234 g/mol. The highest BCUT2D eigenvalue weighted by atomic mass is 32.1. The Kier molecular flexibility index (Phi) is 4.18. The number of amides is 1. The van der Waals surface area contributed by atoms with E-state index in [9.17, 15) is 4.79 Å². The van der Waals surface area contributed by atoms with Crippen molar-refractivity contribution in [2.75, 3.05) is 13.2 Å². The lowest BCUT2D eigenvalue weighted by molar-refractivity contribution is 0.0861. The number of ether oxygens (including phenoxy) is 1. The van der Waals surface area contributed by atoms with Gasteiger partial charge in [0.05, 0.1) is 11.0 Å². The minimum Gasteiger partial charge on any atom is -0.376 e. The Labute approximate surface area is 106 Å². The summed E-state index contributed by atoms with van der Waals surface area (Å²) in [5, 5.41) is 2.95. The van der Waals surface area contributed by atoms with Gasteiger partial charge < -0.3 is 10.1 Å². The zero-order chi connectivity index (χ0) is 12.3. The summed E-state index contributed by atoms with van der Waals surface area (Å²) in [7, 11) is 0. The van der Waals surface area contributed by atoms with Crippen LogP contribution >= 0.6 is 11.3 Å². The molecule has 17 heavy (non-hydrogen) atoms. The summed E-state index contributed by atoms with van der Waals surface area (Å²) in [6, 6.07) is 1.98. The van der Waals surface area contributed by atoms with Gasteiger partial charge in [0.25, 0.3) is 5.91 Å². The molecule has 0 radical (unpaired) electrons. The van der Waals surface area contributed by atoms with Crippen LogP contribution in [0.4, 0.5) is 0 Å². The third-order valence-corrected chi connectivity index (χ3v) is 4.46. The van der Waals surface area contributed by atoms with Crippen LogP contribution in [0.2, 0.25) is 0 Å². The second-order valence-corrected chi connectivity index (χ2v) is 5.55. The summed E-state index contributed by atoms with van der Waals surface area (Å²) >= 11 is 1.60. The third-order valence-electron chi connectivity index (χ3n) is 3.08. The van der Waals surface area contributed by atoms with Crippen LogP contribution in [0.1, 0.15) is 39.9 Å². The van der Waals surface area contributed by atoms with E-state index in [1.807, 2.05) is 6.07 Å². The molecule has 0 bridgehead atoms. The average molecular weight is 253 g/mol. The van der Waals surface area contributed by atoms with Crippen LogP contribution < -0.4 is 5.32 Å². The highest BCUT2D eigenvalue weighted by Gasteiger charge is 2.17. The number of thiophene rings is 1. The fourth-order valence-corrected chi connectivity index (χ4v) is 3.11. The maximum absolute atomic E-state index is 11.9. The number of rotatable bonds is 4. The summed E-state index contributed by atoms with van der Waals surface area (Å²) in [6.45, 7) is 5.65. The van der Waals surface area contributed by atoms with Gasteiger partial charge in [-0.1, -0.05) is 6.92 Å². The summed E-state index contributed by atoms with van der Waals surface area (Å²) in [5.74, 6) is 0.0355. The second kappa shape index (κ2) is 5.65. The van der Waals surface area contributed by atoms with Crippen LogP contribution in [0.5, 0.6) is 0 Å². The van der Waals surface area contributed by atoms with Crippen molar-refractivity contribution in [3.63, 3.8) is 0 Å². The van der Waals surface area contributed by atoms with Crippen LogP contribution in [0.15, 0.2) is 6.07 Å². The van der Waals surface area contributed by atoms with E-state index in [2.05, 4.69) is 19.2 Å². The first-order chi connectivity index (χ1) is 8.20. The van der Waals surface area contributed by atoms with Gasteiger partial charge in [-0.05, 0) is 37.8 Å². The molecule has 0 aliphatic carbocycles. The monoisotopic (exact) mass is 253 g/mol. The van der Waals surface area contributed by atoms with Crippen molar-refractivity contribution in [2.45, 2.75) is 39.2 Å². The summed E-state index contributed by atoms with van der Waals surface area (Å²) in [4.78, 5) is 14.0. The number of carbonyl (C=O) groups is 1. The lowest BCUT2D eigenvalue weighted by Gasteiger charge is -2.09. The standard InChI is InChI=1S/C13H19NO2S/c1-3-11-9(2)7-12(17-11)13(15)14-8-10-5-4-6-16-10/h7,10H,3-6,8H2,1-2H3,(H,14,15). The van der Waals surface area contributed by atoms with Gasteiger partial charge in [0.2, 0.25) is 0 Å². The second-order valence-electron chi connectivity index (χ2n) is 4.42. The smallest absolute Gasteiger partial charge is 0.261 e. The molecule has 1 atom stereocenters. The van der Waals surface area contributed by atoms with Crippen molar-refractivity contribution < 1.29 is 9.53 Å². The highest BCUT2D eigenvalue weighted by molar-refractivity contribution is 7.14. The molecule has 0 saturated carbocycles. The summed E-state index contributed by atoms with van der Waals surface area (Å²) in [5.41, 5.74) is 1.22. The fraction of sp³-hybridized carbons (Fsp3) is 0.615. The number of hydrogen-bond acceptors (Lipinski definition) is 3. The van der Waals surface area contributed by atoms with Gasteiger partial charge in [-0.3, -0.25) is 4.79 Å². The minimum atomic E-state index is 0.0355. The van der Waals surface area contributed by atoms with E-state index in [-0.39, 0.29) is 12.0 Å². The Bertz CT molecular complexity index is 394. The van der Waals surface area contributed by atoms with E-state index >= 15 is 0 Å². The molecule has 1 amide bonds. The SMILES string of the molecule is CCc1sc(C(=O)NCC2CCCO2)cc1C. The first-order valence-electron chi connectivity index (χ1n) is 6.19. The molecule has 4 heteroatoms. The number of nitrogens with one attached hydrogen (secondary N) is 1. The first kappa shape index (κ1) is 12.6. The predicted octanol–water partition coefficient (Wildman–Crippen LogP) is 2.53. The van der Waals surface area contributed by atoms with Crippen LogP contribution in [-0.2, 0) is 11.2 Å². The van der Waals surface area contributed by atoms with E-state index in [1.54, 1.807) is 11.3 Å². The Morgan fingerprint density at radius 3 is 3.06 bits per heavy atom. The number of carbonyl (C=O) groups excluding carboxylic acids is 1. The van der Waals surface area contributed by atoms with Crippen LogP contribution in [0.3, 0.4) is 0 Å². The van der Waals surface area contributed by atoms with Gasteiger partial charge >= 0.3 is 0 Å². The molecule has 94 valence electrons. The Hall–Kier alpha value is -0.870. The zero-order valence-corrected chi connectivity index (χ0v) is 11.2. The molecule has 2 heterocycles. The average Bonchev–Trinajstić information content (AvgIpc) is 2.94. The van der Waals surface area contributed by atoms with Crippen molar-refractivity contribution in [3.05, 3.63) is 21.4 Å². The van der Waals surface area contributed by atoms with Crippen molar-refractivity contribution in [3.8, 4) is 0 Å². The Morgan fingerprint density at radius 2 is 2.47 bits per heavy atom. The minimum absolute atomic E-state index is 0.0355. The quantitative estimate of drug-likeness (QED) is 0.895. The van der Waals surface area contributed by atoms with Crippen LogP contribution in [0, 0.1) is 6.92 Å². The molecule has 0 spiro atoms. The molecule has 1 aliphatic heterocycles. The summed E-state index contributed by atoms with van der Waals surface area (Å²) in [6.07, 6.45) is 3.38. The van der Waals surface area contributed by atoms with E-state index < -0.39 is 0 Å². The van der Waals surface area contributed by atoms with Crippen molar-refractivity contribution in [2.24, 2.45) is 0 Å². The first-order valence-corrected chi connectivity index (χ1v) is 7.01. The Morgan fingerprint density at radius 1 is 1.65 bits per heavy atom. The molecule has 0 aromatic carbocycles. The predicted molar refractivity (Wildman–Crippen MR) is 69.7 cm³/mol. The van der Waals surface area contributed by atoms with Crippen LogP contribution in [-0.4, -0.2) is 25.2 Å². The topological polar surface area (TPSA) is 38.3 Å². The van der Waals surface area contributed by atoms with Crippen molar-refractivity contribution in [1.29, 1.82) is 0 Å². The van der Waals surface area contributed by atoms with Gasteiger partial charge in [0, 0.05) is 18.0 Å². The van der Waals surface area contributed by atoms with Crippen LogP contribution in [0.25, 0.3) is 0 Å². The molecule has 3 nitrogen and oxygen atoms in total. The molecule has 1 unspecified atom stereocenters. The van der Waals surface area contributed by atoms with Gasteiger partial charge in [0.1, 0.15) is 0 Å². The molecule has 1 aliphatic rings. The molecule has 1 aromatic heterocycles. The fourth-order valence-electron chi connectivity index (χ4n) is 2.08. The van der Waals surface area contributed by atoms with E-state index in [0.717, 1.165) is 30.7 Å². The number of aryl methyl sites for hydroxylation is 2. The third kappa shape index (κ3) is 3.07. The van der Waals surface area contributed by atoms with E-state index in [0.29, 0.717) is 6.54 Å². The van der Waals surface area contributed by atoms with Gasteiger partial charge in [-0.15, -0.1) is 11.3 Å². The maximum Gasteiger partial charge on any atom is 0.261 e. The van der Waals surface area contributed by atoms with E-state index in [4.69, 9.17) is 4.74 Å². The van der Waals surface area contributed by atoms with Gasteiger partial charge in [-0.25, -0.2) is 0 Å². The Balaban J connectivity index is 1.89. The van der Waals surface area contributed by atoms with Gasteiger partial charge in [-0.2, -0.15) is 0 Å². The van der Waals surface area contributed by atoms with E-state index in [1.165, 1.54) is 10.4 Å². The normalized spacial score (nSPS) is 19.5. The lowest BCUT2D eigenvalue weighted by Crippen LogP contribution is -2.31. The van der Waals surface area contributed by atoms with Crippen molar-refractivity contribution >= 4 is 17.2 Å². The van der Waals surface area contributed by atoms with Crippen molar-refractivity contribution in [1.82, 2.24) is 5.32 Å². The molecule has 1 fully saturated rings. The maximum atomic E-state index is 11.9. The lowest BCUT2D eigenvalue weighted by atomic mass is 10.2. The molecule has 2 rings (SSSR count). The van der Waals surface area contributed by atoms with Gasteiger partial charge in [0.15, 0.2) is 0 Å². The molecule has 1 N–H and O–H groups in total. The highest BCUT2D eigenvalue weighted by Crippen LogP contribution is 2.22. The number of hydrogen-bond donors (Lipinski definition) is 1. The zero-order valence-electron chi connectivity index (χ0n) is 10.4. The summed E-state index contributed by atoms with van der Waals surface area (Å²) < 4.78 is 5.48. The largest absolute Gasteiger partial charge is 0.376 e. The molecular formula is C13H19NO2S. The molecule has 1 aromatic rings.